The molecule has 0 aliphatic heterocycles. The molecule has 128 valence electrons. The van der Waals surface area contributed by atoms with Crippen LogP contribution < -0.4 is 5.32 Å². The molecule has 2 aromatic heterocycles. The first-order chi connectivity index (χ1) is 12.1. The third kappa shape index (κ3) is 4.84. The van der Waals surface area contributed by atoms with Crippen LogP contribution in [-0.2, 0) is 22.4 Å². The molecule has 0 saturated carbocycles. The Morgan fingerprint density at radius 1 is 1.16 bits per heavy atom. The number of benzene rings is 1. The van der Waals surface area contributed by atoms with Crippen LogP contribution in [0.1, 0.15) is 24.9 Å². The van der Waals surface area contributed by atoms with Crippen LogP contribution in [-0.4, -0.2) is 21.0 Å². The van der Waals surface area contributed by atoms with Crippen LogP contribution in [0.2, 0.25) is 0 Å². The molecular weight excluding hydrogens is 338 g/mol. The molecule has 7 heteroatoms. The van der Waals surface area contributed by atoms with Crippen molar-refractivity contribution < 1.29 is 14.0 Å². The van der Waals surface area contributed by atoms with Crippen LogP contribution in [0.15, 0.2) is 46.9 Å². The predicted octanol–water partition coefficient (Wildman–Crippen LogP) is 3.50. The molecule has 0 spiro atoms. The van der Waals surface area contributed by atoms with Crippen LogP contribution in [0.3, 0.4) is 0 Å². The van der Waals surface area contributed by atoms with Gasteiger partial charge in [-0.1, -0.05) is 30.3 Å². The Hall–Kier alpha value is -2.80. The summed E-state index contributed by atoms with van der Waals surface area (Å²) in [6.07, 6.45) is 0.960. The van der Waals surface area contributed by atoms with Crippen molar-refractivity contribution in [1.29, 1.82) is 0 Å². The number of aryl methyl sites for hydroxylation is 1. The van der Waals surface area contributed by atoms with E-state index >= 15 is 0 Å². The van der Waals surface area contributed by atoms with Crippen LogP contribution in [0, 0.1) is 0 Å². The number of furan rings is 1. The van der Waals surface area contributed by atoms with Crippen LogP contribution in [0.5, 0.6) is 0 Å². The highest BCUT2D eigenvalue weighted by atomic mass is 32.1. The van der Waals surface area contributed by atoms with Crippen LogP contribution in [0.4, 0.5) is 5.13 Å². The van der Waals surface area contributed by atoms with Crippen molar-refractivity contribution in [2.45, 2.75) is 26.2 Å². The van der Waals surface area contributed by atoms with Gasteiger partial charge in [0.05, 0.1) is 6.42 Å². The summed E-state index contributed by atoms with van der Waals surface area (Å²) in [5.74, 6) is 1.80. The minimum absolute atomic E-state index is 0.0114. The van der Waals surface area contributed by atoms with E-state index in [2.05, 4.69) is 14.7 Å². The van der Waals surface area contributed by atoms with E-state index in [0.29, 0.717) is 17.4 Å². The average molecular weight is 355 g/mol. The summed E-state index contributed by atoms with van der Waals surface area (Å²) < 4.78 is 9.82. The van der Waals surface area contributed by atoms with Crippen molar-refractivity contribution in [2.75, 3.05) is 5.32 Å². The Bertz CT molecular complexity index is 871. The third-order valence-corrected chi connectivity index (χ3v) is 4.11. The molecule has 0 atom stereocenters. The lowest BCUT2D eigenvalue weighted by Crippen LogP contribution is -2.12. The maximum Gasteiger partial charge on any atom is 0.226 e. The molecule has 1 N–H and O–H groups in total. The van der Waals surface area contributed by atoms with Crippen molar-refractivity contribution in [3.05, 3.63) is 54.0 Å². The fourth-order valence-electron chi connectivity index (χ4n) is 2.29. The molecule has 0 aliphatic carbocycles. The standard InChI is InChI=1S/C18H17N3O3S/c1-12(22)11-16-19-18(25-21-16)20-17(23)10-8-14-7-9-15(24-14)13-5-3-2-4-6-13/h2-7,9H,8,10-11H2,1H3,(H,19,20,21,23). The SMILES string of the molecule is CC(=O)Cc1nsc(NC(=O)CCc2ccc(-c3ccccc3)o2)n1. The molecule has 2 heterocycles. The number of Topliss-reactive ketones (excluding diaryl/α,β-unsaturated/α-hetero) is 1. The van der Waals surface area contributed by atoms with Crippen molar-refractivity contribution in [2.24, 2.45) is 0 Å². The maximum absolute atomic E-state index is 12.0. The number of anilines is 1. The van der Waals surface area contributed by atoms with E-state index in [-0.39, 0.29) is 24.5 Å². The second kappa shape index (κ2) is 7.85. The zero-order chi connectivity index (χ0) is 17.6. The lowest BCUT2D eigenvalue weighted by Gasteiger charge is -2.00. The molecule has 0 saturated heterocycles. The number of hydrogen-bond donors (Lipinski definition) is 1. The molecule has 6 nitrogen and oxygen atoms in total. The second-order valence-electron chi connectivity index (χ2n) is 5.57. The van der Waals surface area contributed by atoms with E-state index in [4.69, 9.17) is 4.42 Å². The van der Waals surface area contributed by atoms with Gasteiger partial charge in [-0.05, 0) is 19.1 Å². The molecule has 3 rings (SSSR count). The summed E-state index contributed by atoms with van der Waals surface area (Å²) in [5.41, 5.74) is 1.00. The van der Waals surface area contributed by atoms with Crippen LogP contribution >= 0.6 is 11.5 Å². The number of hydrogen-bond acceptors (Lipinski definition) is 6. The van der Waals surface area contributed by atoms with Gasteiger partial charge >= 0.3 is 0 Å². The summed E-state index contributed by atoms with van der Waals surface area (Å²) in [4.78, 5) is 27.2. The Morgan fingerprint density at radius 3 is 2.72 bits per heavy atom. The van der Waals surface area contributed by atoms with Gasteiger partial charge in [-0.15, -0.1) is 0 Å². The van der Waals surface area contributed by atoms with Gasteiger partial charge < -0.3 is 9.73 Å². The first-order valence-electron chi connectivity index (χ1n) is 7.86. The van der Waals surface area contributed by atoms with Crippen molar-refractivity contribution >= 4 is 28.4 Å². The van der Waals surface area contributed by atoms with E-state index in [1.165, 1.54) is 6.92 Å². The van der Waals surface area contributed by atoms with E-state index in [1.54, 1.807) is 0 Å². The van der Waals surface area contributed by atoms with Crippen LogP contribution in [0.25, 0.3) is 11.3 Å². The Labute approximate surface area is 149 Å². The molecule has 1 amide bonds. The molecule has 0 fully saturated rings. The minimum Gasteiger partial charge on any atom is -0.461 e. The maximum atomic E-state index is 12.0. The highest BCUT2D eigenvalue weighted by Gasteiger charge is 2.11. The Morgan fingerprint density at radius 2 is 1.96 bits per heavy atom. The van der Waals surface area contributed by atoms with E-state index < -0.39 is 0 Å². The number of carbonyl (C=O) groups excluding carboxylic acids is 2. The van der Waals surface area contributed by atoms with Gasteiger partial charge in [-0.3, -0.25) is 9.59 Å². The monoisotopic (exact) mass is 355 g/mol. The molecule has 1 aromatic carbocycles. The zero-order valence-corrected chi connectivity index (χ0v) is 14.5. The number of nitrogens with one attached hydrogen (secondary N) is 1. The predicted molar refractivity (Wildman–Crippen MR) is 95.4 cm³/mol. The smallest absolute Gasteiger partial charge is 0.226 e. The molecule has 0 unspecified atom stereocenters. The zero-order valence-electron chi connectivity index (χ0n) is 13.7. The summed E-state index contributed by atoms with van der Waals surface area (Å²) in [6, 6.07) is 13.6. The molecule has 25 heavy (non-hydrogen) atoms. The summed E-state index contributed by atoms with van der Waals surface area (Å²) in [7, 11) is 0. The first-order valence-corrected chi connectivity index (χ1v) is 8.63. The quantitative estimate of drug-likeness (QED) is 0.701. The summed E-state index contributed by atoms with van der Waals surface area (Å²) >= 11 is 1.07. The lowest BCUT2D eigenvalue weighted by atomic mass is 10.2. The molecule has 0 radical (unpaired) electrons. The Kier molecular flexibility index (Phi) is 5.35. The van der Waals surface area contributed by atoms with E-state index in [0.717, 1.165) is 28.6 Å². The Balaban J connectivity index is 1.52. The fourth-order valence-corrected chi connectivity index (χ4v) is 2.89. The van der Waals surface area contributed by atoms with Gasteiger partial charge in [0, 0.05) is 29.9 Å². The number of rotatable bonds is 7. The van der Waals surface area contributed by atoms with Gasteiger partial charge in [-0.2, -0.15) is 4.37 Å². The number of carbonyl (C=O) groups is 2. The van der Waals surface area contributed by atoms with Gasteiger partial charge in [-0.25, -0.2) is 4.98 Å². The van der Waals surface area contributed by atoms with Gasteiger partial charge in [0.25, 0.3) is 0 Å². The van der Waals surface area contributed by atoms with Gasteiger partial charge in [0.15, 0.2) is 5.82 Å². The van der Waals surface area contributed by atoms with Crippen molar-refractivity contribution in [3.8, 4) is 11.3 Å². The highest BCUT2D eigenvalue weighted by molar-refractivity contribution is 7.09. The number of amides is 1. The fraction of sp³-hybridized carbons (Fsp3) is 0.222. The van der Waals surface area contributed by atoms with Gasteiger partial charge in [0.2, 0.25) is 11.0 Å². The number of aromatic nitrogens is 2. The second-order valence-corrected chi connectivity index (χ2v) is 6.33. The van der Waals surface area contributed by atoms with Crippen molar-refractivity contribution in [3.63, 3.8) is 0 Å². The lowest BCUT2D eigenvalue weighted by molar-refractivity contribution is -0.117. The third-order valence-electron chi connectivity index (χ3n) is 3.44. The first kappa shape index (κ1) is 17.0. The summed E-state index contributed by atoms with van der Waals surface area (Å²) in [6.45, 7) is 1.48. The van der Waals surface area contributed by atoms with Crippen molar-refractivity contribution in [1.82, 2.24) is 9.36 Å². The molecular formula is C18H17N3O3S. The minimum atomic E-state index is -0.164. The van der Waals surface area contributed by atoms with E-state index in [1.807, 2.05) is 42.5 Å². The summed E-state index contributed by atoms with van der Waals surface area (Å²) in [5, 5.41) is 3.11. The average Bonchev–Trinajstić information content (AvgIpc) is 3.23. The number of nitrogens with zero attached hydrogens (tertiary/aromatic N) is 2. The molecule has 0 aliphatic rings. The van der Waals surface area contributed by atoms with Gasteiger partial charge in [0.1, 0.15) is 17.3 Å². The highest BCUT2D eigenvalue weighted by Crippen LogP contribution is 2.22. The molecule has 0 bridgehead atoms. The molecule has 3 aromatic rings. The topological polar surface area (TPSA) is 85.1 Å². The number of ketones is 1. The largest absolute Gasteiger partial charge is 0.461 e. The van der Waals surface area contributed by atoms with E-state index in [9.17, 15) is 9.59 Å². The normalized spacial score (nSPS) is 10.6.